The summed E-state index contributed by atoms with van der Waals surface area (Å²) in [6, 6.07) is 4.32. The maximum absolute atomic E-state index is 10.4. The Labute approximate surface area is 181 Å². The number of aromatic nitrogens is 4. The number of fused-ring (bicyclic) bond motifs is 1. The van der Waals surface area contributed by atoms with Crippen LogP contribution in [0.15, 0.2) is 30.7 Å². The number of aliphatic hydroxyl groups is 1. The molecule has 1 saturated heterocycles. The predicted octanol–water partition coefficient (Wildman–Crippen LogP) is 2.89. The van der Waals surface area contributed by atoms with Crippen LogP contribution in [-0.2, 0) is 0 Å². The van der Waals surface area contributed by atoms with Crippen molar-refractivity contribution in [3.63, 3.8) is 0 Å². The van der Waals surface area contributed by atoms with Gasteiger partial charge in [0.25, 0.3) is 0 Å². The lowest BCUT2D eigenvalue weighted by Gasteiger charge is -2.49. The second-order valence-electron chi connectivity index (χ2n) is 9.24. The minimum atomic E-state index is -0.509. The number of aromatic hydroxyl groups is 1. The first kappa shape index (κ1) is 20.1. The summed E-state index contributed by atoms with van der Waals surface area (Å²) in [4.78, 5) is 11.1. The quantitative estimate of drug-likeness (QED) is 0.591. The standard InChI is InChI=1S/C23H28N6O2/c1-14-8-19(30)21(25-11-14)20-18-12-24-6-5-17(18)22(28-27-20)26-15-4-3-7-29(13-15)16-9-23(2,31)10-16/h5-6,8,11-12,15-16,30-31H,3-4,7,9-10,13H2,1-2H3,(H,26,28). The molecular formula is C23H28N6O2. The summed E-state index contributed by atoms with van der Waals surface area (Å²) in [6.45, 7) is 5.80. The molecule has 4 heterocycles. The number of rotatable bonds is 4. The molecule has 2 aliphatic rings. The molecule has 1 aliphatic carbocycles. The molecule has 1 unspecified atom stereocenters. The van der Waals surface area contributed by atoms with E-state index in [1.54, 1.807) is 24.7 Å². The predicted molar refractivity (Wildman–Crippen MR) is 119 cm³/mol. The van der Waals surface area contributed by atoms with Gasteiger partial charge in [0.2, 0.25) is 0 Å². The number of piperidine rings is 1. The van der Waals surface area contributed by atoms with E-state index < -0.39 is 5.60 Å². The highest BCUT2D eigenvalue weighted by atomic mass is 16.3. The van der Waals surface area contributed by atoms with Gasteiger partial charge in [-0.1, -0.05) is 0 Å². The van der Waals surface area contributed by atoms with Crippen molar-refractivity contribution in [3.8, 4) is 17.1 Å². The van der Waals surface area contributed by atoms with E-state index in [0.29, 0.717) is 17.4 Å². The molecular weight excluding hydrogens is 392 g/mol. The summed E-state index contributed by atoms with van der Waals surface area (Å²) in [7, 11) is 0. The molecule has 5 rings (SSSR count). The fourth-order valence-electron chi connectivity index (χ4n) is 4.88. The van der Waals surface area contributed by atoms with Crippen molar-refractivity contribution in [1.82, 2.24) is 25.1 Å². The summed E-state index contributed by atoms with van der Waals surface area (Å²) in [6.07, 6.45) is 9.06. The Hall–Kier alpha value is -2.84. The minimum absolute atomic E-state index is 0.0828. The van der Waals surface area contributed by atoms with E-state index in [9.17, 15) is 10.2 Å². The maximum atomic E-state index is 10.4. The van der Waals surface area contributed by atoms with Crippen molar-refractivity contribution in [2.75, 3.05) is 18.4 Å². The fourth-order valence-corrected chi connectivity index (χ4v) is 4.88. The van der Waals surface area contributed by atoms with Crippen LogP contribution in [0.4, 0.5) is 5.82 Å². The highest BCUT2D eigenvalue weighted by Gasteiger charge is 2.42. The number of anilines is 1. The zero-order valence-corrected chi connectivity index (χ0v) is 17.9. The van der Waals surface area contributed by atoms with Crippen molar-refractivity contribution >= 4 is 16.6 Å². The lowest BCUT2D eigenvalue weighted by molar-refractivity contribution is -0.0823. The first-order valence-corrected chi connectivity index (χ1v) is 10.9. The Bertz CT molecular complexity index is 1110. The molecule has 8 heteroatoms. The first-order valence-electron chi connectivity index (χ1n) is 10.9. The van der Waals surface area contributed by atoms with Gasteiger partial charge < -0.3 is 15.5 Å². The highest BCUT2D eigenvalue weighted by molar-refractivity contribution is 5.99. The van der Waals surface area contributed by atoms with E-state index in [2.05, 4.69) is 30.4 Å². The molecule has 3 aromatic heterocycles. The molecule has 3 N–H and O–H groups in total. The molecule has 2 fully saturated rings. The van der Waals surface area contributed by atoms with Gasteiger partial charge in [0.05, 0.1) is 5.60 Å². The maximum Gasteiger partial charge on any atom is 0.156 e. The Kier molecular flexibility index (Phi) is 4.98. The van der Waals surface area contributed by atoms with Gasteiger partial charge in [-0.15, -0.1) is 10.2 Å². The third-order valence-electron chi connectivity index (χ3n) is 6.47. The van der Waals surface area contributed by atoms with Crippen LogP contribution < -0.4 is 5.32 Å². The molecule has 0 bridgehead atoms. The lowest BCUT2D eigenvalue weighted by atomic mass is 9.76. The Morgan fingerprint density at radius 3 is 2.77 bits per heavy atom. The minimum Gasteiger partial charge on any atom is -0.506 e. The van der Waals surface area contributed by atoms with Gasteiger partial charge in [0, 0.05) is 48.0 Å². The van der Waals surface area contributed by atoms with E-state index in [0.717, 1.165) is 60.9 Å². The molecule has 31 heavy (non-hydrogen) atoms. The Morgan fingerprint density at radius 1 is 1.16 bits per heavy atom. The van der Waals surface area contributed by atoms with Crippen molar-refractivity contribution in [3.05, 3.63) is 36.3 Å². The van der Waals surface area contributed by atoms with Crippen molar-refractivity contribution in [2.24, 2.45) is 0 Å². The molecule has 162 valence electrons. The van der Waals surface area contributed by atoms with Crippen molar-refractivity contribution in [2.45, 2.75) is 57.2 Å². The van der Waals surface area contributed by atoms with Gasteiger partial charge in [-0.25, -0.2) is 0 Å². The van der Waals surface area contributed by atoms with E-state index in [-0.39, 0.29) is 11.8 Å². The van der Waals surface area contributed by atoms with Gasteiger partial charge in [-0.3, -0.25) is 14.9 Å². The van der Waals surface area contributed by atoms with Crippen molar-refractivity contribution < 1.29 is 10.2 Å². The van der Waals surface area contributed by atoms with Crippen LogP contribution in [-0.4, -0.2) is 66.1 Å². The third-order valence-corrected chi connectivity index (χ3v) is 6.47. The number of likely N-dealkylation sites (tertiary alicyclic amines) is 1. The monoisotopic (exact) mass is 420 g/mol. The van der Waals surface area contributed by atoms with E-state index in [4.69, 9.17) is 0 Å². The summed E-state index contributed by atoms with van der Waals surface area (Å²) in [5.41, 5.74) is 1.30. The Balaban J connectivity index is 1.41. The summed E-state index contributed by atoms with van der Waals surface area (Å²) < 4.78 is 0. The molecule has 1 aliphatic heterocycles. The van der Waals surface area contributed by atoms with Gasteiger partial charge in [0.1, 0.15) is 17.1 Å². The second-order valence-corrected chi connectivity index (χ2v) is 9.24. The summed E-state index contributed by atoms with van der Waals surface area (Å²) in [5.74, 6) is 0.805. The molecule has 0 spiro atoms. The summed E-state index contributed by atoms with van der Waals surface area (Å²) >= 11 is 0. The molecule has 1 saturated carbocycles. The number of nitrogens with one attached hydrogen (secondary N) is 1. The molecule has 3 aromatic rings. The number of hydrogen-bond acceptors (Lipinski definition) is 8. The molecule has 8 nitrogen and oxygen atoms in total. The average Bonchev–Trinajstić information content (AvgIpc) is 2.73. The SMILES string of the molecule is Cc1cnc(-c2nnc(NC3CCCN(C4CC(C)(O)C4)C3)c3ccncc23)c(O)c1. The second kappa shape index (κ2) is 7.69. The molecule has 0 amide bonds. The normalized spacial score (nSPS) is 26.5. The van der Waals surface area contributed by atoms with Gasteiger partial charge in [-0.2, -0.15) is 0 Å². The van der Waals surface area contributed by atoms with Crippen LogP contribution in [0.2, 0.25) is 0 Å². The number of hydrogen-bond donors (Lipinski definition) is 3. The molecule has 0 radical (unpaired) electrons. The number of nitrogens with zero attached hydrogens (tertiary/aromatic N) is 5. The van der Waals surface area contributed by atoms with Crippen molar-refractivity contribution in [1.29, 1.82) is 0 Å². The van der Waals surface area contributed by atoms with E-state index in [1.807, 2.05) is 19.9 Å². The third kappa shape index (κ3) is 3.93. The van der Waals surface area contributed by atoms with Crippen LogP contribution in [0.3, 0.4) is 0 Å². The van der Waals surface area contributed by atoms with Gasteiger partial charge >= 0.3 is 0 Å². The zero-order valence-electron chi connectivity index (χ0n) is 17.9. The zero-order chi connectivity index (χ0) is 21.6. The summed E-state index contributed by atoms with van der Waals surface area (Å²) in [5, 5.41) is 34.7. The van der Waals surface area contributed by atoms with Crippen LogP contribution in [0.1, 0.15) is 38.2 Å². The average molecular weight is 421 g/mol. The van der Waals surface area contributed by atoms with Gasteiger partial charge in [0.15, 0.2) is 5.82 Å². The highest BCUT2D eigenvalue weighted by Crippen LogP contribution is 2.37. The first-order chi connectivity index (χ1) is 14.9. The number of aryl methyl sites for hydroxylation is 1. The Morgan fingerprint density at radius 2 is 2.00 bits per heavy atom. The molecule has 1 atom stereocenters. The molecule has 0 aromatic carbocycles. The van der Waals surface area contributed by atoms with E-state index in [1.165, 1.54) is 0 Å². The fraction of sp³-hybridized carbons (Fsp3) is 0.478. The number of pyridine rings is 2. The van der Waals surface area contributed by atoms with Gasteiger partial charge in [-0.05, 0) is 63.8 Å². The lowest BCUT2D eigenvalue weighted by Crippen LogP contribution is -2.57. The smallest absolute Gasteiger partial charge is 0.156 e. The van der Waals surface area contributed by atoms with Crippen LogP contribution in [0.5, 0.6) is 5.75 Å². The van der Waals surface area contributed by atoms with Crippen LogP contribution in [0, 0.1) is 6.92 Å². The van der Waals surface area contributed by atoms with Crippen LogP contribution >= 0.6 is 0 Å². The van der Waals surface area contributed by atoms with Crippen LogP contribution in [0.25, 0.3) is 22.2 Å². The largest absolute Gasteiger partial charge is 0.506 e. The topological polar surface area (TPSA) is 107 Å². The van der Waals surface area contributed by atoms with E-state index >= 15 is 0 Å².